The van der Waals surface area contributed by atoms with Gasteiger partial charge in [0.25, 0.3) is 0 Å². The molecule has 27 heavy (non-hydrogen) atoms. The molecule has 0 amide bonds. The molecule has 0 unspecified atom stereocenters. The predicted octanol–water partition coefficient (Wildman–Crippen LogP) is 3.24. The number of hydrogen-bond acceptors (Lipinski definition) is 6. The van der Waals surface area contributed by atoms with Gasteiger partial charge in [-0.1, -0.05) is 35.5 Å². The Labute approximate surface area is 157 Å². The molecule has 7 heteroatoms. The van der Waals surface area contributed by atoms with Crippen LogP contribution in [0.15, 0.2) is 51.9 Å². The minimum Gasteiger partial charge on any atom is -0.392 e. The fourth-order valence-corrected chi connectivity index (χ4v) is 4.43. The van der Waals surface area contributed by atoms with E-state index in [0.717, 1.165) is 0 Å². The summed E-state index contributed by atoms with van der Waals surface area (Å²) in [5, 5.41) is 13.1. The number of aliphatic hydroxyl groups excluding tert-OH is 1. The van der Waals surface area contributed by atoms with Crippen LogP contribution in [0.4, 0.5) is 0 Å². The van der Waals surface area contributed by atoms with E-state index in [1.807, 2.05) is 0 Å². The number of aromatic nitrogens is 1. The van der Waals surface area contributed by atoms with E-state index in [0.29, 0.717) is 45.6 Å². The van der Waals surface area contributed by atoms with Crippen LogP contribution in [0.1, 0.15) is 32.9 Å². The Hall–Kier alpha value is -2.77. The zero-order valence-corrected chi connectivity index (χ0v) is 15.8. The molecule has 140 valence electrons. The van der Waals surface area contributed by atoms with E-state index in [1.165, 1.54) is 6.07 Å². The first-order chi connectivity index (χ1) is 12.9. The second-order valence-corrected chi connectivity index (χ2v) is 8.23. The van der Waals surface area contributed by atoms with Gasteiger partial charge in [-0.25, -0.2) is 8.42 Å². The Morgan fingerprint density at radius 1 is 1.11 bits per heavy atom. The Balaban J connectivity index is 2.12. The summed E-state index contributed by atoms with van der Waals surface area (Å²) in [6, 6.07) is 11.4. The predicted molar refractivity (Wildman–Crippen MR) is 100 cm³/mol. The van der Waals surface area contributed by atoms with Gasteiger partial charge >= 0.3 is 0 Å². The Morgan fingerprint density at radius 2 is 1.85 bits per heavy atom. The van der Waals surface area contributed by atoms with E-state index in [4.69, 9.17) is 4.52 Å². The molecule has 3 aromatic rings. The van der Waals surface area contributed by atoms with E-state index in [2.05, 4.69) is 5.16 Å². The molecule has 0 bridgehead atoms. The Kier molecular flexibility index (Phi) is 5.25. The number of aliphatic hydroxyl groups is 1. The highest BCUT2D eigenvalue weighted by molar-refractivity contribution is 7.90. The van der Waals surface area contributed by atoms with Crippen LogP contribution in [-0.2, 0) is 22.2 Å². The van der Waals surface area contributed by atoms with Gasteiger partial charge in [0.05, 0.1) is 17.2 Å². The standard InChI is InChI=1S/C20H19NO5S/c1-13-14(2)21-26-19(13)12-27(24,25)20-6-4-3-5-18(20)17-8-7-15(10-22)9-16(17)11-23/h3-9,11,22H,10,12H2,1-2H3. The van der Waals surface area contributed by atoms with E-state index >= 15 is 0 Å². The maximum Gasteiger partial charge on any atom is 0.186 e. The van der Waals surface area contributed by atoms with Gasteiger partial charge in [0.1, 0.15) is 5.75 Å². The van der Waals surface area contributed by atoms with Crippen molar-refractivity contribution in [2.24, 2.45) is 0 Å². The number of carbonyl (C=O) groups is 1. The molecular formula is C20H19NO5S. The van der Waals surface area contributed by atoms with Crippen molar-refractivity contribution in [1.29, 1.82) is 0 Å². The van der Waals surface area contributed by atoms with Gasteiger partial charge in [-0.05, 0) is 37.1 Å². The second kappa shape index (κ2) is 7.46. The van der Waals surface area contributed by atoms with Gasteiger partial charge in [0.2, 0.25) is 0 Å². The number of aldehydes is 1. The van der Waals surface area contributed by atoms with Gasteiger partial charge in [-0.15, -0.1) is 0 Å². The van der Waals surface area contributed by atoms with Crippen LogP contribution in [0.3, 0.4) is 0 Å². The average molecular weight is 385 g/mol. The van der Waals surface area contributed by atoms with Crippen molar-refractivity contribution < 1.29 is 22.8 Å². The number of benzene rings is 2. The third kappa shape index (κ3) is 3.70. The minimum atomic E-state index is -3.74. The molecule has 0 saturated heterocycles. The lowest BCUT2D eigenvalue weighted by Gasteiger charge is -2.12. The summed E-state index contributed by atoms with van der Waals surface area (Å²) in [6.45, 7) is 3.31. The van der Waals surface area contributed by atoms with Crippen LogP contribution in [0.2, 0.25) is 0 Å². The van der Waals surface area contributed by atoms with Crippen LogP contribution >= 0.6 is 0 Å². The summed E-state index contributed by atoms with van der Waals surface area (Å²) in [5.74, 6) is -0.0180. The van der Waals surface area contributed by atoms with Crippen molar-refractivity contribution in [2.75, 3.05) is 0 Å². The van der Waals surface area contributed by atoms with E-state index in [9.17, 15) is 18.3 Å². The van der Waals surface area contributed by atoms with Crippen molar-refractivity contribution in [3.63, 3.8) is 0 Å². The van der Waals surface area contributed by atoms with Gasteiger partial charge < -0.3 is 9.63 Å². The lowest BCUT2D eigenvalue weighted by Crippen LogP contribution is -2.07. The Morgan fingerprint density at radius 3 is 2.48 bits per heavy atom. The molecule has 0 saturated carbocycles. The number of aryl methyl sites for hydroxylation is 1. The lowest BCUT2D eigenvalue weighted by molar-refractivity contribution is 0.112. The smallest absolute Gasteiger partial charge is 0.186 e. The van der Waals surface area contributed by atoms with Crippen molar-refractivity contribution in [3.05, 3.63) is 70.6 Å². The van der Waals surface area contributed by atoms with Crippen molar-refractivity contribution in [3.8, 4) is 11.1 Å². The normalized spacial score (nSPS) is 11.5. The van der Waals surface area contributed by atoms with Crippen LogP contribution in [0, 0.1) is 13.8 Å². The monoisotopic (exact) mass is 385 g/mol. The first kappa shape index (κ1) is 19.0. The second-order valence-electron chi connectivity index (χ2n) is 6.27. The first-order valence-corrected chi connectivity index (χ1v) is 9.95. The summed E-state index contributed by atoms with van der Waals surface area (Å²) >= 11 is 0. The fraction of sp³-hybridized carbons (Fsp3) is 0.200. The molecule has 0 atom stereocenters. The molecule has 1 heterocycles. The maximum atomic E-state index is 13.1. The minimum absolute atomic E-state index is 0.110. The molecule has 6 nitrogen and oxygen atoms in total. The molecule has 0 radical (unpaired) electrons. The van der Waals surface area contributed by atoms with Crippen molar-refractivity contribution >= 4 is 16.1 Å². The zero-order valence-electron chi connectivity index (χ0n) is 15.0. The third-order valence-corrected chi connectivity index (χ3v) is 6.18. The van der Waals surface area contributed by atoms with Crippen LogP contribution in [-0.4, -0.2) is 25.0 Å². The molecule has 1 aromatic heterocycles. The molecule has 0 spiro atoms. The summed E-state index contributed by atoms with van der Waals surface area (Å²) in [7, 11) is -3.74. The highest BCUT2D eigenvalue weighted by Gasteiger charge is 2.24. The molecule has 0 fully saturated rings. The van der Waals surface area contributed by atoms with Gasteiger partial charge in [-0.2, -0.15) is 0 Å². The molecule has 0 aliphatic carbocycles. The van der Waals surface area contributed by atoms with Crippen LogP contribution < -0.4 is 0 Å². The average Bonchev–Trinajstić information content (AvgIpc) is 2.99. The SMILES string of the molecule is Cc1noc(CS(=O)(=O)c2ccccc2-c2ccc(CO)cc2C=O)c1C. The molecule has 1 N–H and O–H groups in total. The molecular weight excluding hydrogens is 366 g/mol. The van der Waals surface area contributed by atoms with Gasteiger partial charge in [0, 0.05) is 16.7 Å². The number of sulfone groups is 1. The highest BCUT2D eigenvalue weighted by atomic mass is 32.2. The summed E-state index contributed by atoms with van der Waals surface area (Å²) < 4.78 is 31.3. The highest BCUT2D eigenvalue weighted by Crippen LogP contribution is 2.32. The summed E-state index contributed by atoms with van der Waals surface area (Å²) in [4.78, 5) is 11.6. The number of hydrogen-bond donors (Lipinski definition) is 1. The largest absolute Gasteiger partial charge is 0.392 e. The fourth-order valence-electron chi connectivity index (χ4n) is 2.86. The third-order valence-electron chi connectivity index (χ3n) is 4.51. The topological polar surface area (TPSA) is 97.5 Å². The number of carbonyl (C=O) groups excluding carboxylic acids is 1. The quantitative estimate of drug-likeness (QED) is 0.654. The molecule has 0 aliphatic rings. The summed E-state index contributed by atoms with van der Waals surface area (Å²) in [5.41, 5.74) is 3.17. The van der Waals surface area contributed by atoms with Crippen LogP contribution in [0.25, 0.3) is 11.1 Å². The first-order valence-electron chi connectivity index (χ1n) is 8.30. The summed E-state index contributed by atoms with van der Waals surface area (Å²) in [6.07, 6.45) is 0.655. The molecule has 0 aliphatic heterocycles. The van der Waals surface area contributed by atoms with E-state index in [1.54, 1.807) is 50.2 Å². The number of rotatable bonds is 6. The number of nitrogens with zero attached hydrogens (tertiary/aromatic N) is 1. The maximum absolute atomic E-state index is 13.1. The lowest BCUT2D eigenvalue weighted by atomic mass is 9.98. The molecule has 3 rings (SSSR count). The van der Waals surface area contributed by atoms with E-state index in [-0.39, 0.29) is 17.3 Å². The van der Waals surface area contributed by atoms with Crippen molar-refractivity contribution in [1.82, 2.24) is 5.16 Å². The van der Waals surface area contributed by atoms with Gasteiger partial charge in [0.15, 0.2) is 21.9 Å². The van der Waals surface area contributed by atoms with Crippen molar-refractivity contribution in [2.45, 2.75) is 31.1 Å². The van der Waals surface area contributed by atoms with Gasteiger partial charge in [-0.3, -0.25) is 4.79 Å². The van der Waals surface area contributed by atoms with E-state index < -0.39 is 9.84 Å². The Bertz CT molecular complexity index is 1100. The molecule has 2 aromatic carbocycles. The zero-order chi connectivity index (χ0) is 19.6. The van der Waals surface area contributed by atoms with Crippen LogP contribution in [0.5, 0.6) is 0 Å².